The van der Waals surface area contributed by atoms with E-state index in [0.29, 0.717) is 6.42 Å². The average molecular weight is 191 g/mol. The van der Waals surface area contributed by atoms with Crippen LogP contribution in [0.5, 0.6) is 0 Å². The summed E-state index contributed by atoms with van der Waals surface area (Å²) >= 11 is 0. The van der Waals surface area contributed by atoms with Crippen LogP contribution >= 0.6 is 0 Å². The molecule has 0 spiro atoms. The number of carbonyl (C=O) groups is 1. The molecule has 0 aromatic heterocycles. The summed E-state index contributed by atoms with van der Waals surface area (Å²) in [6.45, 7) is 3.95. The van der Waals surface area contributed by atoms with Gasteiger partial charge >= 0.3 is 0 Å². The molecule has 1 aromatic rings. The second-order valence-corrected chi connectivity index (χ2v) is 3.29. The van der Waals surface area contributed by atoms with Crippen LogP contribution in [0.2, 0.25) is 0 Å². The molecule has 2 nitrogen and oxygen atoms in total. The number of hydrogen-bond donors (Lipinski definition) is 1. The highest BCUT2D eigenvalue weighted by Crippen LogP contribution is 2.15. The fourth-order valence-corrected chi connectivity index (χ4v) is 1.40. The lowest BCUT2D eigenvalue weighted by Gasteiger charge is -2.16. The third kappa shape index (κ3) is 2.87. The zero-order chi connectivity index (χ0) is 10.4. The molecule has 0 aliphatic rings. The topological polar surface area (TPSA) is 29.1 Å². The normalized spacial score (nSPS) is 12.1. The van der Waals surface area contributed by atoms with E-state index in [9.17, 15) is 4.79 Å². The van der Waals surface area contributed by atoms with Gasteiger partial charge in [-0.25, -0.2) is 0 Å². The molecule has 0 fully saturated rings. The molecule has 2 heteroatoms. The molecule has 0 saturated heterocycles. The van der Waals surface area contributed by atoms with Crippen molar-refractivity contribution in [3.8, 4) is 0 Å². The first-order valence-corrected chi connectivity index (χ1v) is 5.12. The molecule has 1 atom stereocenters. The van der Waals surface area contributed by atoms with Crippen molar-refractivity contribution in [2.45, 2.75) is 32.7 Å². The molecule has 0 radical (unpaired) electrons. The van der Waals surface area contributed by atoms with Gasteiger partial charge < -0.3 is 5.32 Å². The van der Waals surface area contributed by atoms with E-state index >= 15 is 0 Å². The summed E-state index contributed by atoms with van der Waals surface area (Å²) in [4.78, 5) is 11.2. The lowest BCUT2D eigenvalue weighted by Crippen LogP contribution is -2.27. The number of benzene rings is 1. The maximum absolute atomic E-state index is 11.2. The van der Waals surface area contributed by atoms with Gasteiger partial charge in [-0.05, 0) is 12.0 Å². The fraction of sp³-hybridized carbons (Fsp3) is 0.417. The number of amides is 1. The van der Waals surface area contributed by atoms with Gasteiger partial charge in [-0.2, -0.15) is 0 Å². The molecule has 0 heterocycles. The lowest BCUT2D eigenvalue weighted by molar-refractivity contribution is -0.121. The van der Waals surface area contributed by atoms with Crippen molar-refractivity contribution >= 4 is 5.91 Å². The first-order valence-electron chi connectivity index (χ1n) is 5.12. The first kappa shape index (κ1) is 10.8. The Kier molecular flexibility index (Phi) is 4.17. The Morgan fingerprint density at radius 1 is 1.29 bits per heavy atom. The van der Waals surface area contributed by atoms with E-state index in [0.717, 1.165) is 6.42 Å². The summed E-state index contributed by atoms with van der Waals surface area (Å²) < 4.78 is 0. The third-order valence-corrected chi connectivity index (χ3v) is 2.27. The first-order chi connectivity index (χ1) is 6.77. The van der Waals surface area contributed by atoms with Crippen molar-refractivity contribution in [3.63, 3.8) is 0 Å². The summed E-state index contributed by atoms with van der Waals surface area (Å²) in [5.41, 5.74) is 1.18. The maximum Gasteiger partial charge on any atom is 0.220 e. The average Bonchev–Trinajstić information content (AvgIpc) is 2.26. The van der Waals surface area contributed by atoms with Crippen molar-refractivity contribution in [3.05, 3.63) is 35.9 Å². The Balaban J connectivity index is 2.68. The Hall–Kier alpha value is -1.31. The van der Waals surface area contributed by atoms with Crippen LogP contribution in [-0.2, 0) is 4.79 Å². The van der Waals surface area contributed by atoms with E-state index in [1.807, 2.05) is 37.3 Å². The van der Waals surface area contributed by atoms with Gasteiger partial charge in [-0.15, -0.1) is 0 Å². The van der Waals surface area contributed by atoms with Crippen molar-refractivity contribution < 1.29 is 4.79 Å². The van der Waals surface area contributed by atoms with E-state index < -0.39 is 0 Å². The van der Waals surface area contributed by atoms with E-state index in [2.05, 4.69) is 12.2 Å². The molecule has 1 N–H and O–H groups in total. The maximum atomic E-state index is 11.2. The van der Waals surface area contributed by atoms with Gasteiger partial charge in [-0.3, -0.25) is 4.79 Å². The van der Waals surface area contributed by atoms with Crippen LogP contribution in [0.25, 0.3) is 0 Å². The monoisotopic (exact) mass is 191 g/mol. The molecule has 1 rings (SSSR count). The molecule has 0 bridgehead atoms. The molecular formula is C12H17NO. The van der Waals surface area contributed by atoms with Crippen LogP contribution in [0.4, 0.5) is 0 Å². The van der Waals surface area contributed by atoms with Gasteiger partial charge in [0.2, 0.25) is 5.91 Å². The summed E-state index contributed by atoms with van der Waals surface area (Å²) in [6, 6.07) is 10.2. The molecule has 1 amide bonds. The summed E-state index contributed by atoms with van der Waals surface area (Å²) in [5.74, 6) is 0.112. The molecule has 0 aliphatic heterocycles. The van der Waals surface area contributed by atoms with Crippen LogP contribution in [0.1, 0.15) is 38.3 Å². The van der Waals surface area contributed by atoms with E-state index in [1.165, 1.54) is 5.56 Å². The van der Waals surface area contributed by atoms with E-state index in [1.54, 1.807) is 0 Å². The smallest absolute Gasteiger partial charge is 0.220 e. The third-order valence-electron chi connectivity index (χ3n) is 2.27. The molecule has 0 aliphatic carbocycles. The summed E-state index contributed by atoms with van der Waals surface area (Å²) in [7, 11) is 0. The zero-order valence-corrected chi connectivity index (χ0v) is 8.79. The predicted molar refractivity (Wildman–Crippen MR) is 57.9 cm³/mol. The van der Waals surface area contributed by atoms with Crippen molar-refractivity contribution in [1.29, 1.82) is 0 Å². The van der Waals surface area contributed by atoms with Crippen molar-refractivity contribution in [2.24, 2.45) is 0 Å². The van der Waals surface area contributed by atoms with E-state index in [4.69, 9.17) is 0 Å². The highest BCUT2D eigenvalue weighted by Gasteiger charge is 2.10. The summed E-state index contributed by atoms with van der Waals surface area (Å²) in [6.07, 6.45) is 1.47. The van der Waals surface area contributed by atoms with Crippen molar-refractivity contribution in [2.75, 3.05) is 0 Å². The molecule has 1 unspecified atom stereocenters. The van der Waals surface area contributed by atoms with Gasteiger partial charge in [0.25, 0.3) is 0 Å². The molecule has 0 saturated carbocycles. The number of hydrogen-bond acceptors (Lipinski definition) is 1. The Labute approximate surface area is 85.3 Å². The molecule has 76 valence electrons. The highest BCUT2D eigenvalue weighted by atomic mass is 16.1. The van der Waals surface area contributed by atoms with Gasteiger partial charge in [0.15, 0.2) is 0 Å². The highest BCUT2D eigenvalue weighted by molar-refractivity contribution is 5.76. The standard InChI is InChI=1S/C12H17NO/c1-3-11(13-12(14)4-2)10-8-6-5-7-9-10/h5-9,11H,3-4H2,1-2H3,(H,13,14). The molecule has 1 aromatic carbocycles. The minimum atomic E-state index is 0.112. The minimum Gasteiger partial charge on any atom is -0.349 e. The number of carbonyl (C=O) groups excluding carboxylic acids is 1. The SMILES string of the molecule is CCC(=O)NC(CC)c1ccccc1. The van der Waals surface area contributed by atoms with Crippen molar-refractivity contribution in [1.82, 2.24) is 5.32 Å². The molecule has 14 heavy (non-hydrogen) atoms. The van der Waals surface area contributed by atoms with Crippen LogP contribution < -0.4 is 5.32 Å². The van der Waals surface area contributed by atoms with E-state index in [-0.39, 0.29) is 11.9 Å². The van der Waals surface area contributed by atoms with Crippen LogP contribution in [0, 0.1) is 0 Å². The number of nitrogens with one attached hydrogen (secondary N) is 1. The molecular weight excluding hydrogens is 174 g/mol. The van der Waals surface area contributed by atoms with Gasteiger partial charge in [-0.1, -0.05) is 44.2 Å². The zero-order valence-electron chi connectivity index (χ0n) is 8.79. The minimum absolute atomic E-state index is 0.112. The van der Waals surface area contributed by atoms with Gasteiger partial charge in [0.1, 0.15) is 0 Å². The van der Waals surface area contributed by atoms with Crippen LogP contribution in [0.15, 0.2) is 30.3 Å². The number of rotatable bonds is 4. The second kappa shape index (κ2) is 5.43. The Bertz CT molecular complexity index is 282. The van der Waals surface area contributed by atoms with Gasteiger partial charge in [0.05, 0.1) is 6.04 Å². The Morgan fingerprint density at radius 3 is 2.43 bits per heavy atom. The van der Waals surface area contributed by atoms with Crippen LogP contribution in [0.3, 0.4) is 0 Å². The Morgan fingerprint density at radius 2 is 1.93 bits per heavy atom. The largest absolute Gasteiger partial charge is 0.349 e. The quantitative estimate of drug-likeness (QED) is 0.778. The second-order valence-electron chi connectivity index (χ2n) is 3.29. The fourth-order valence-electron chi connectivity index (χ4n) is 1.40. The predicted octanol–water partition coefficient (Wildman–Crippen LogP) is 2.66. The summed E-state index contributed by atoms with van der Waals surface area (Å²) in [5, 5.41) is 2.99. The lowest BCUT2D eigenvalue weighted by atomic mass is 10.0. The van der Waals surface area contributed by atoms with Crippen LogP contribution in [-0.4, -0.2) is 5.91 Å². The van der Waals surface area contributed by atoms with Gasteiger partial charge in [0, 0.05) is 6.42 Å².